The van der Waals surface area contributed by atoms with Crippen molar-refractivity contribution in [3.05, 3.63) is 17.0 Å². The molecule has 6 heteroatoms. The first-order chi connectivity index (χ1) is 9.54. The van der Waals surface area contributed by atoms with Gasteiger partial charge in [-0.1, -0.05) is 25.4 Å². The Bertz CT molecular complexity index is 613. The molecule has 0 amide bonds. The van der Waals surface area contributed by atoms with Crippen molar-refractivity contribution in [1.29, 1.82) is 0 Å². The van der Waals surface area contributed by atoms with Crippen LogP contribution in [0.25, 0.3) is 5.78 Å². The van der Waals surface area contributed by atoms with Gasteiger partial charge in [0.25, 0.3) is 5.78 Å². The predicted octanol–water partition coefficient (Wildman–Crippen LogP) is 3.32. The summed E-state index contributed by atoms with van der Waals surface area (Å²) in [6, 6.07) is 0.457. The Morgan fingerprint density at radius 2 is 1.95 bits per heavy atom. The summed E-state index contributed by atoms with van der Waals surface area (Å²) in [5.74, 6) is 2.96. The van der Waals surface area contributed by atoms with Crippen molar-refractivity contribution in [3.63, 3.8) is 0 Å². The largest absolute Gasteiger partial charge is 0.367 e. The second-order valence-electron chi connectivity index (χ2n) is 6.11. The van der Waals surface area contributed by atoms with Crippen LogP contribution >= 0.6 is 11.6 Å². The van der Waals surface area contributed by atoms with E-state index in [1.165, 1.54) is 25.6 Å². The van der Waals surface area contributed by atoms with Gasteiger partial charge in [0.05, 0.1) is 0 Å². The molecule has 2 atom stereocenters. The molecule has 20 heavy (non-hydrogen) atoms. The summed E-state index contributed by atoms with van der Waals surface area (Å²) < 4.78 is 1.74. The molecule has 5 nitrogen and oxygen atoms in total. The van der Waals surface area contributed by atoms with Crippen LogP contribution in [-0.2, 0) is 0 Å². The van der Waals surface area contributed by atoms with Gasteiger partial charge in [-0.2, -0.15) is 19.6 Å². The molecular formula is C14H20ClN5. The summed E-state index contributed by atoms with van der Waals surface area (Å²) in [7, 11) is 0. The Balaban J connectivity index is 1.93. The van der Waals surface area contributed by atoms with Crippen molar-refractivity contribution < 1.29 is 0 Å². The summed E-state index contributed by atoms with van der Waals surface area (Å²) in [5, 5.41) is 8.35. The number of rotatable bonds is 2. The van der Waals surface area contributed by atoms with Crippen molar-refractivity contribution >= 4 is 23.2 Å². The summed E-state index contributed by atoms with van der Waals surface area (Å²) in [6.07, 6.45) is 5.18. The molecule has 0 aromatic carbocycles. The van der Waals surface area contributed by atoms with Gasteiger partial charge in [0.1, 0.15) is 17.3 Å². The maximum absolute atomic E-state index is 6.19. The fourth-order valence-electron chi connectivity index (χ4n) is 3.33. The van der Waals surface area contributed by atoms with Gasteiger partial charge in [0.2, 0.25) is 0 Å². The lowest BCUT2D eigenvalue weighted by Crippen LogP contribution is -2.31. The summed E-state index contributed by atoms with van der Waals surface area (Å²) in [4.78, 5) is 8.35. The molecule has 1 aliphatic carbocycles. The fourth-order valence-corrected chi connectivity index (χ4v) is 3.49. The minimum Gasteiger partial charge on any atom is -0.367 e. The van der Waals surface area contributed by atoms with Gasteiger partial charge in [-0.05, 0) is 38.0 Å². The number of halogens is 1. The van der Waals surface area contributed by atoms with Crippen LogP contribution in [0.15, 0.2) is 6.33 Å². The van der Waals surface area contributed by atoms with E-state index in [-0.39, 0.29) is 0 Å². The highest BCUT2D eigenvalue weighted by atomic mass is 35.5. The Labute approximate surface area is 123 Å². The molecule has 1 N–H and O–H groups in total. The van der Waals surface area contributed by atoms with E-state index in [4.69, 9.17) is 11.6 Å². The van der Waals surface area contributed by atoms with E-state index in [1.807, 2.05) is 6.92 Å². The van der Waals surface area contributed by atoms with Crippen molar-refractivity contribution in [2.24, 2.45) is 11.8 Å². The summed E-state index contributed by atoms with van der Waals surface area (Å²) in [6.45, 7) is 6.61. The summed E-state index contributed by atoms with van der Waals surface area (Å²) in [5.41, 5.74) is 0.926. The molecule has 1 fully saturated rings. The number of hydrogen-bond donors (Lipinski definition) is 1. The monoisotopic (exact) mass is 293 g/mol. The molecule has 2 unspecified atom stereocenters. The van der Waals surface area contributed by atoms with Crippen LogP contribution in [-0.4, -0.2) is 25.6 Å². The van der Waals surface area contributed by atoms with Crippen molar-refractivity contribution in [2.75, 3.05) is 5.32 Å². The van der Waals surface area contributed by atoms with E-state index in [2.05, 4.69) is 34.2 Å². The van der Waals surface area contributed by atoms with Crippen molar-refractivity contribution in [1.82, 2.24) is 19.6 Å². The standard InChI is InChI=1S/C14H20ClN5/c1-8-4-9(2)6-11(5-8)18-13-10(3)12(15)19-14-16-7-17-20(13)14/h7-9,11,18H,4-6H2,1-3H3. The lowest BCUT2D eigenvalue weighted by Gasteiger charge is -2.32. The number of fused-ring (bicyclic) bond motifs is 1. The van der Waals surface area contributed by atoms with Gasteiger partial charge in [-0.25, -0.2) is 0 Å². The SMILES string of the molecule is Cc1c(Cl)nc2ncnn2c1NC1CC(C)CC(C)C1. The minimum atomic E-state index is 0.457. The first-order valence-corrected chi connectivity index (χ1v) is 7.54. The maximum atomic E-state index is 6.19. The molecule has 1 aliphatic rings. The zero-order valence-corrected chi connectivity index (χ0v) is 12.9. The number of anilines is 1. The number of hydrogen-bond acceptors (Lipinski definition) is 4. The van der Waals surface area contributed by atoms with E-state index in [0.717, 1.165) is 23.2 Å². The van der Waals surface area contributed by atoms with E-state index < -0.39 is 0 Å². The van der Waals surface area contributed by atoms with Crippen molar-refractivity contribution in [2.45, 2.75) is 46.1 Å². The van der Waals surface area contributed by atoms with E-state index >= 15 is 0 Å². The number of nitrogens with zero attached hydrogens (tertiary/aromatic N) is 4. The van der Waals surface area contributed by atoms with Gasteiger partial charge in [-0.15, -0.1) is 0 Å². The van der Waals surface area contributed by atoms with Crippen molar-refractivity contribution in [3.8, 4) is 0 Å². The maximum Gasteiger partial charge on any atom is 0.255 e. The van der Waals surface area contributed by atoms with Crippen LogP contribution in [0, 0.1) is 18.8 Å². The Morgan fingerprint density at radius 3 is 2.65 bits per heavy atom. The summed E-state index contributed by atoms with van der Waals surface area (Å²) >= 11 is 6.19. The highest BCUT2D eigenvalue weighted by Crippen LogP contribution is 2.32. The molecule has 1 saturated carbocycles. The first-order valence-electron chi connectivity index (χ1n) is 7.17. The molecule has 0 spiro atoms. The van der Waals surface area contributed by atoms with Gasteiger partial charge in [0.15, 0.2) is 0 Å². The second kappa shape index (κ2) is 5.20. The predicted molar refractivity (Wildman–Crippen MR) is 80.1 cm³/mol. The molecule has 108 valence electrons. The first kappa shape index (κ1) is 13.6. The normalized spacial score (nSPS) is 26.9. The quantitative estimate of drug-likeness (QED) is 0.863. The molecule has 3 rings (SSSR count). The zero-order chi connectivity index (χ0) is 14.3. The third-order valence-electron chi connectivity index (χ3n) is 4.12. The van der Waals surface area contributed by atoms with Crippen LogP contribution in [0.1, 0.15) is 38.7 Å². The molecular weight excluding hydrogens is 274 g/mol. The van der Waals surface area contributed by atoms with Gasteiger partial charge in [-0.3, -0.25) is 0 Å². The zero-order valence-electron chi connectivity index (χ0n) is 12.1. The molecule has 2 aromatic rings. The lowest BCUT2D eigenvalue weighted by atomic mass is 9.80. The topological polar surface area (TPSA) is 55.1 Å². The third kappa shape index (κ3) is 2.46. The Kier molecular flexibility index (Phi) is 3.54. The van der Waals surface area contributed by atoms with Crippen LogP contribution in [0.2, 0.25) is 5.15 Å². The molecule has 0 bridgehead atoms. The van der Waals surface area contributed by atoms with Crippen LogP contribution in [0.5, 0.6) is 0 Å². The lowest BCUT2D eigenvalue weighted by molar-refractivity contribution is 0.280. The fraction of sp³-hybridized carbons (Fsp3) is 0.643. The van der Waals surface area contributed by atoms with Gasteiger partial charge in [0, 0.05) is 11.6 Å². The van der Waals surface area contributed by atoms with E-state index in [9.17, 15) is 0 Å². The minimum absolute atomic E-state index is 0.457. The average Bonchev–Trinajstić information content (AvgIpc) is 2.81. The Hall–Kier alpha value is -1.36. The Morgan fingerprint density at radius 1 is 1.25 bits per heavy atom. The average molecular weight is 294 g/mol. The van der Waals surface area contributed by atoms with E-state index in [1.54, 1.807) is 4.52 Å². The number of aromatic nitrogens is 4. The van der Waals surface area contributed by atoms with Crippen LogP contribution < -0.4 is 5.32 Å². The number of nitrogens with one attached hydrogen (secondary N) is 1. The molecule has 0 aliphatic heterocycles. The van der Waals surface area contributed by atoms with E-state index in [0.29, 0.717) is 17.0 Å². The van der Waals surface area contributed by atoms with Crippen LogP contribution in [0.3, 0.4) is 0 Å². The van der Waals surface area contributed by atoms with Gasteiger partial charge >= 0.3 is 0 Å². The highest BCUT2D eigenvalue weighted by Gasteiger charge is 2.25. The smallest absolute Gasteiger partial charge is 0.255 e. The highest BCUT2D eigenvalue weighted by molar-refractivity contribution is 6.30. The third-order valence-corrected chi connectivity index (χ3v) is 4.49. The molecule has 2 heterocycles. The van der Waals surface area contributed by atoms with Crippen LogP contribution in [0.4, 0.5) is 5.82 Å². The second-order valence-corrected chi connectivity index (χ2v) is 6.46. The van der Waals surface area contributed by atoms with Gasteiger partial charge < -0.3 is 5.32 Å². The molecule has 2 aromatic heterocycles. The molecule has 0 saturated heterocycles. The molecule has 0 radical (unpaired) electrons.